The van der Waals surface area contributed by atoms with E-state index in [0.717, 1.165) is 38.9 Å². The Hall–Kier alpha value is -0.200. The van der Waals surface area contributed by atoms with Crippen LogP contribution in [0, 0.1) is 11.8 Å². The Morgan fingerprint density at radius 2 is 1.28 bits per heavy atom. The topological polar surface area (TPSA) is 52.8 Å². The Bertz CT molecular complexity index is 443. The summed E-state index contributed by atoms with van der Waals surface area (Å²) in [6.07, 6.45) is 7.40. The second-order valence-electron chi connectivity index (χ2n) is 9.06. The number of epoxide rings is 2. The summed E-state index contributed by atoms with van der Waals surface area (Å²) in [7, 11) is 0. The van der Waals surface area contributed by atoms with Crippen molar-refractivity contribution >= 4 is 0 Å². The standard InChI is InChI=1S/C20H34O5/c1-13(21-11-15-5-7-19(3)17(9-15)24-19)23-14(2)22-12-16-6-8-20(4)18(10-16)25-20/h13-18H,5-12H2,1-4H3. The van der Waals surface area contributed by atoms with E-state index in [-0.39, 0.29) is 23.8 Å². The van der Waals surface area contributed by atoms with Crippen LogP contribution >= 0.6 is 0 Å². The van der Waals surface area contributed by atoms with Crippen LogP contribution in [-0.2, 0) is 23.7 Å². The Balaban J connectivity index is 1.08. The molecule has 2 saturated heterocycles. The van der Waals surface area contributed by atoms with E-state index in [0.29, 0.717) is 24.0 Å². The van der Waals surface area contributed by atoms with Crippen LogP contribution in [0.5, 0.6) is 0 Å². The molecule has 4 fully saturated rings. The molecule has 2 heterocycles. The average molecular weight is 354 g/mol. The molecule has 5 heteroatoms. The van der Waals surface area contributed by atoms with Crippen LogP contribution in [0.3, 0.4) is 0 Å². The van der Waals surface area contributed by atoms with Crippen LogP contribution in [0.2, 0.25) is 0 Å². The van der Waals surface area contributed by atoms with Gasteiger partial charge in [-0.2, -0.15) is 0 Å². The van der Waals surface area contributed by atoms with Crippen molar-refractivity contribution < 1.29 is 23.7 Å². The molecule has 2 aliphatic carbocycles. The van der Waals surface area contributed by atoms with Crippen molar-refractivity contribution in [1.82, 2.24) is 0 Å². The first-order valence-corrected chi connectivity index (χ1v) is 10.1. The zero-order chi connectivity index (χ0) is 17.7. The number of fused-ring (bicyclic) bond motifs is 2. The Labute approximate surface area is 151 Å². The van der Waals surface area contributed by atoms with Gasteiger partial charge in [-0.05, 0) is 78.1 Å². The zero-order valence-corrected chi connectivity index (χ0v) is 16.2. The first-order valence-electron chi connectivity index (χ1n) is 10.1. The minimum atomic E-state index is -0.232. The summed E-state index contributed by atoms with van der Waals surface area (Å²) in [6, 6.07) is 0. The highest BCUT2D eigenvalue weighted by Gasteiger charge is 2.55. The maximum absolute atomic E-state index is 5.90. The molecule has 0 amide bonds. The van der Waals surface area contributed by atoms with Crippen LogP contribution in [-0.4, -0.2) is 49.2 Å². The highest BCUT2D eigenvalue weighted by molar-refractivity contribution is 5.04. The van der Waals surface area contributed by atoms with Gasteiger partial charge in [-0.25, -0.2) is 0 Å². The third kappa shape index (κ3) is 4.22. The monoisotopic (exact) mass is 354 g/mol. The SMILES string of the molecule is CC(OCC1CCC2(C)OC2C1)OC(C)OCC1CCC2(C)OC2C1. The fraction of sp³-hybridized carbons (Fsp3) is 1.00. The maximum Gasteiger partial charge on any atom is 0.157 e. The second kappa shape index (κ2) is 6.75. The molecule has 0 bridgehead atoms. The fourth-order valence-corrected chi connectivity index (χ4v) is 4.63. The molecule has 5 nitrogen and oxygen atoms in total. The highest BCUT2D eigenvalue weighted by atomic mass is 16.8. The molecule has 0 spiro atoms. The minimum absolute atomic E-state index is 0.184. The first kappa shape index (κ1) is 18.2. The van der Waals surface area contributed by atoms with Gasteiger partial charge in [-0.1, -0.05) is 0 Å². The van der Waals surface area contributed by atoms with E-state index in [4.69, 9.17) is 23.7 Å². The highest BCUT2D eigenvalue weighted by Crippen LogP contribution is 2.50. The third-order valence-electron chi connectivity index (χ3n) is 6.78. The van der Waals surface area contributed by atoms with Crippen molar-refractivity contribution in [2.75, 3.05) is 13.2 Å². The summed E-state index contributed by atoms with van der Waals surface area (Å²) in [6.45, 7) is 9.88. The van der Waals surface area contributed by atoms with Gasteiger partial charge in [0, 0.05) is 0 Å². The van der Waals surface area contributed by atoms with Crippen molar-refractivity contribution in [2.45, 2.75) is 102 Å². The fourth-order valence-electron chi connectivity index (χ4n) is 4.63. The molecule has 4 rings (SSSR count). The van der Waals surface area contributed by atoms with Crippen LogP contribution in [0.1, 0.15) is 66.2 Å². The van der Waals surface area contributed by atoms with Crippen molar-refractivity contribution in [3.05, 3.63) is 0 Å². The molecule has 0 radical (unpaired) electrons. The minimum Gasteiger partial charge on any atom is -0.366 e. The Kier molecular flexibility index (Phi) is 4.91. The smallest absolute Gasteiger partial charge is 0.157 e. The summed E-state index contributed by atoms with van der Waals surface area (Å²) < 4.78 is 29.2. The molecule has 0 N–H and O–H groups in total. The molecule has 144 valence electrons. The van der Waals surface area contributed by atoms with E-state index in [1.165, 1.54) is 12.8 Å². The molecule has 25 heavy (non-hydrogen) atoms. The van der Waals surface area contributed by atoms with Gasteiger partial charge in [0.25, 0.3) is 0 Å². The second-order valence-corrected chi connectivity index (χ2v) is 9.06. The third-order valence-corrected chi connectivity index (χ3v) is 6.78. The molecule has 8 atom stereocenters. The summed E-state index contributed by atoms with van der Waals surface area (Å²) in [5.41, 5.74) is 0.367. The summed E-state index contributed by atoms with van der Waals surface area (Å²) in [5.74, 6) is 1.19. The van der Waals surface area contributed by atoms with Crippen molar-refractivity contribution in [1.29, 1.82) is 0 Å². The van der Waals surface area contributed by atoms with Gasteiger partial charge in [0.05, 0.1) is 36.6 Å². The number of hydrogen-bond donors (Lipinski definition) is 0. The van der Waals surface area contributed by atoms with Gasteiger partial charge >= 0.3 is 0 Å². The maximum atomic E-state index is 5.90. The van der Waals surface area contributed by atoms with Gasteiger partial charge in [0.15, 0.2) is 12.6 Å². The first-order chi connectivity index (χ1) is 11.9. The average Bonchev–Trinajstić information content (AvgIpc) is 3.43. The number of hydrogen-bond acceptors (Lipinski definition) is 5. The molecular formula is C20H34O5. The molecule has 2 aliphatic heterocycles. The largest absolute Gasteiger partial charge is 0.366 e. The number of rotatable bonds is 8. The lowest BCUT2D eigenvalue weighted by Gasteiger charge is -2.27. The zero-order valence-electron chi connectivity index (χ0n) is 16.2. The quantitative estimate of drug-likeness (QED) is 0.492. The summed E-state index contributed by atoms with van der Waals surface area (Å²) >= 11 is 0. The van der Waals surface area contributed by atoms with Crippen LogP contribution < -0.4 is 0 Å². The Morgan fingerprint density at radius 3 is 1.68 bits per heavy atom. The number of ether oxygens (including phenoxy) is 5. The van der Waals surface area contributed by atoms with Crippen LogP contribution in [0.4, 0.5) is 0 Å². The molecule has 2 saturated carbocycles. The predicted octanol–water partition coefficient (Wildman–Crippen LogP) is 3.64. The predicted molar refractivity (Wildman–Crippen MR) is 93.2 cm³/mol. The van der Waals surface area contributed by atoms with E-state index < -0.39 is 0 Å². The Morgan fingerprint density at radius 1 is 0.840 bits per heavy atom. The van der Waals surface area contributed by atoms with Crippen molar-refractivity contribution in [3.8, 4) is 0 Å². The van der Waals surface area contributed by atoms with Gasteiger partial charge in [-0.3, -0.25) is 0 Å². The van der Waals surface area contributed by atoms with Crippen molar-refractivity contribution in [2.24, 2.45) is 11.8 Å². The summed E-state index contributed by atoms with van der Waals surface area (Å²) in [5, 5.41) is 0. The molecule has 8 unspecified atom stereocenters. The molecular weight excluding hydrogens is 320 g/mol. The molecule has 4 aliphatic rings. The van der Waals surface area contributed by atoms with Gasteiger partial charge in [0.2, 0.25) is 0 Å². The van der Waals surface area contributed by atoms with E-state index >= 15 is 0 Å². The van der Waals surface area contributed by atoms with Crippen molar-refractivity contribution in [3.63, 3.8) is 0 Å². The van der Waals surface area contributed by atoms with Crippen LogP contribution in [0.25, 0.3) is 0 Å². The van der Waals surface area contributed by atoms with E-state index in [1.807, 2.05) is 13.8 Å². The van der Waals surface area contributed by atoms with Gasteiger partial charge in [0.1, 0.15) is 0 Å². The van der Waals surface area contributed by atoms with E-state index in [2.05, 4.69) is 13.8 Å². The van der Waals surface area contributed by atoms with E-state index in [9.17, 15) is 0 Å². The lowest BCUT2D eigenvalue weighted by molar-refractivity contribution is -0.238. The normalized spacial score (nSPS) is 47.5. The van der Waals surface area contributed by atoms with Gasteiger partial charge in [-0.15, -0.1) is 0 Å². The molecule has 0 aromatic heterocycles. The van der Waals surface area contributed by atoms with E-state index in [1.54, 1.807) is 0 Å². The lowest BCUT2D eigenvalue weighted by atomic mass is 9.83. The molecule has 0 aromatic carbocycles. The lowest BCUT2D eigenvalue weighted by Crippen LogP contribution is -2.30. The van der Waals surface area contributed by atoms with Crippen LogP contribution in [0.15, 0.2) is 0 Å². The van der Waals surface area contributed by atoms with Gasteiger partial charge < -0.3 is 23.7 Å². The molecule has 0 aromatic rings. The summed E-state index contributed by atoms with van der Waals surface area (Å²) in [4.78, 5) is 0.